The average Bonchev–Trinajstić information content (AvgIpc) is 2.60. The van der Waals surface area contributed by atoms with Crippen molar-refractivity contribution in [3.8, 4) is 0 Å². The molecular weight excluding hydrogens is 316 g/mol. The number of anilines is 1. The molecule has 1 aliphatic rings. The lowest BCUT2D eigenvalue weighted by Gasteiger charge is -2.35. The van der Waals surface area contributed by atoms with E-state index in [-0.39, 0.29) is 0 Å². The Labute approximate surface area is 136 Å². The van der Waals surface area contributed by atoms with Crippen LogP contribution in [0.15, 0.2) is 18.5 Å². The zero-order chi connectivity index (χ0) is 15.8. The molecule has 22 heavy (non-hydrogen) atoms. The van der Waals surface area contributed by atoms with Gasteiger partial charge in [0.2, 0.25) is 16.4 Å². The summed E-state index contributed by atoms with van der Waals surface area (Å²) in [6, 6.07) is 2.64. The molecule has 1 fully saturated rings. The zero-order valence-corrected chi connectivity index (χ0v) is 15.2. The number of hydrogen-bond donors (Lipinski definition) is 0. The molecule has 1 saturated heterocycles. The first-order valence-electron chi connectivity index (χ1n) is 7.42. The maximum absolute atomic E-state index is 5.40. The van der Waals surface area contributed by atoms with Gasteiger partial charge in [-0.25, -0.2) is 9.97 Å². The lowest BCUT2D eigenvalue weighted by molar-refractivity contribution is 0.162. The van der Waals surface area contributed by atoms with Crippen LogP contribution in [0.25, 0.3) is 0 Å². The third kappa shape index (κ3) is 4.57. The predicted octanol–water partition coefficient (Wildman–Crippen LogP) is 0.321. The van der Waals surface area contributed by atoms with Crippen molar-refractivity contribution in [1.82, 2.24) is 14.9 Å². The summed E-state index contributed by atoms with van der Waals surface area (Å²) in [5.41, 5.74) is 0. The molecule has 0 aromatic carbocycles. The summed E-state index contributed by atoms with van der Waals surface area (Å²) in [5.74, 6) is 0.819. The molecule has 9 heteroatoms. The van der Waals surface area contributed by atoms with E-state index in [1.54, 1.807) is 26.6 Å². The summed E-state index contributed by atoms with van der Waals surface area (Å²) in [5, 5.41) is 0. The van der Waals surface area contributed by atoms with E-state index in [1.807, 2.05) is 6.07 Å². The van der Waals surface area contributed by atoms with Gasteiger partial charge in [-0.05, 0) is 19.0 Å². The van der Waals surface area contributed by atoms with Crippen LogP contribution in [0.3, 0.4) is 0 Å². The fraction of sp³-hybridized carbons (Fsp3) is 0.692. The van der Waals surface area contributed by atoms with Gasteiger partial charge in [0.15, 0.2) is 0 Å². The highest BCUT2D eigenvalue weighted by atomic mass is 28.4. The van der Waals surface area contributed by atoms with Gasteiger partial charge in [0.05, 0.1) is 0 Å². The summed E-state index contributed by atoms with van der Waals surface area (Å²) in [6.45, 7) is 4.95. The average molecular weight is 340 g/mol. The van der Waals surface area contributed by atoms with E-state index in [9.17, 15) is 0 Å². The molecule has 121 valence electrons. The molecule has 0 spiro atoms. The van der Waals surface area contributed by atoms with Crippen LogP contribution in [0.5, 0.6) is 0 Å². The number of hydrogen-bond acceptors (Lipinski definition) is 7. The molecule has 2 rings (SSSR count). The first kappa shape index (κ1) is 17.5. The summed E-state index contributed by atoms with van der Waals surface area (Å²) < 4.78 is 16.1. The Morgan fingerprint density at radius 1 is 1.14 bits per heavy atom. The van der Waals surface area contributed by atoms with Crippen molar-refractivity contribution in [2.45, 2.75) is 12.5 Å². The van der Waals surface area contributed by atoms with Gasteiger partial charge in [0, 0.05) is 58.8 Å². The van der Waals surface area contributed by atoms with Gasteiger partial charge < -0.3 is 17.9 Å². The molecule has 0 atom stereocenters. The molecule has 0 saturated carbocycles. The van der Waals surface area contributed by atoms with Gasteiger partial charge >= 0.3 is 8.80 Å². The molecular formula is C13H23N4O3Si2. The highest BCUT2D eigenvalue weighted by molar-refractivity contribution is 6.63. The Morgan fingerprint density at radius 3 is 2.32 bits per heavy atom. The minimum Gasteiger partial charge on any atom is -0.415 e. The molecule has 2 heterocycles. The minimum atomic E-state index is -2.51. The first-order valence-corrected chi connectivity index (χ1v) is 9.76. The smallest absolute Gasteiger partial charge is 0.415 e. The first-order chi connectivity index (χ1) is 10.7. The van der Waals surface area contributed by atoms with E-state index < -0.39 is 8.80 Å². The fourth-order valence-corrected chi connectivity index (χ4v) is 4.81. The second-order valence-corrected chi connectivity index (χ2v) is 8.67. The zero-order valence-electron chi connectivity index (χ0n) is 13.2. The van der Waals surface area contributed by atoms with Crippen LogP contribution in [0.2, 0.25) is 6.04 Å². The van der Waals surface area contributed by atoms with Gasteiger partial charge in [0.1, 0.15) is 0 Å². The second-order valence-electron chi connectivity index (χ2n) is 5.17. The van der Waals surface area contributed by atoms with E-state index in [2.05, 4.69) is 30.3 Å². The van der Waals surface area contributed by atoms with Crippen LogP contribution in [-0.4, -0.2) is 81.1 Å². The highest BCUT2D eigenvalue weighted by Gasteiger charge is 2.36. The lowest BCUT2D eigenvalue weighted by Crippen LogP contribution is -2.48. The fourth-order valence-electron chi connectivity index (χ4n) is 2.57. The Bertz CT molecular complexity index is 420. The summed E-state index contributed by atoms with van der Waals surface area (Å²) in [4.78, 5) is 13.3. The Hall–Kier alpha value is -0.846. The van der Waals surface area contributed by atoms with E-state index in [0.29, 0.717) is 0 Å². The van der Waals surface area contributed by atoms with Gasteiger partial charge in [-0.1, -0.05) is 0 Å². The van der Waals surface area contributed by atoms with Crippen LogP contribution in [0, 0.1) is 0 Å². The highest BCUT2D eigenvalue weighted by Crippen LogP contribution is 2.16. The van der Waals surface area contributed by atoms with Crippen LogP contribution in [0.4, 0.5) is 5.95 Å². The number of rotatable bonds is 8. The molecule has 1 aromatic heterocycles. The normalized spacial score (nSPS) is 17.0. The maximum Gasteiger partial charge on any atom is 0.489 e. The van der Waals surface area contributed by atoms with Crippen molar-refractivity contribution in [2.24, 2.45) is 0 Å². The van der Waals surface area contributed by atoms with Crippen molar-refractivity contribution in [3.63, 3.8) is 0 Å². The monoisotopic (exact) mass is 339 g/mol. The van der Waals surface area contributed by atoms with Gasteiger partial charge in [-0.3, -0.25) is 4.90 Å². The maximum atomic E-state index is 5.40. The number of aromatic nitrogens is 2. The molecule has 1 aromatic rings. The third-order valence-electron chi connectivity index (χ3n) is 3.94. The molecule has 1 aliphatic heterocycles. The molecule has 7 nitrogen and oxygen atoms in total. The van der Waals surface area contributed by atoms with Crippen molar-refractivity contribution in [1.29, 1.82) is 0 Å². The van der Waals surface area contributed by atoms with Crippen LogP contribution in [-0.2, 0) is 13.0 Å². The van der Waals surface area contributed by atoms with Crippen molar-refractivity contribution < 1.29 is 13.0 Å². The topological polar surface area (TPSA) is 60.0 Å². The molecule has 0 bridgehead atoms. The SMILES string of the molecule is CO[Si](CCCN1CCN(c2ncccn2)CC1)(OC)O[Si]. The summed E-state index contributed by atoms with van der Waals surface area (Å²) >= 11 is 0. The van der Waals surface area contributed by atoms with Crippen molar-refractivity contribution in [2.75, 3.05) is 51.8 Å². The lowest BCUT2D eigenvalue weighted by atomic mass is 10.3. The Kier molecular flexibility index (Phi) is 6.92. The molecule has 3 radical (unpaired) electrons. The van der Waals surface area contributed by atoms with Gasteiger partial charge in [-0.15, -0.1) is 0 Å². The second kappa shape index (κ2) is 8.70. The third-order valence-corrected chi connectivity index (χ3v) is 7.40. The predicted molar refractivity (Wildman–Crippen MR) is 86.7 cm³/mol. The van der Waals surface area contributed by atoms with Gasteiger partial charge in [0.25, 0.3) is 0 Å². The standard InChI is InChI=1S/C13H23N4O3Si2/c1-18-22(19-2,20-21)12-4-7-16-8-10-17(11-9-16)13-14-5-3-6-15-13/h3,5-6H,4,7-12H2,1-2H3. The van der Waals surface area contributed by atoms with E-state index in [0.717, 1.165) is 51.1 Å². The number of nitrogens with zero attached hydrogens (tertiary/aromatic N) is 4. The van der Waals surface area contributed by atoms with Crippen molar-refractivity contribution >= 4 is 25.2 Å². The quantitative estimate of drug-likeness (QED) is 0.632. The van der Waals surface area contributed by atoms with Crippen LogP contribution < -0.4 is 4.90 Å². The minimum absolute atomic E-state index is 0.797. The molecule has 0 amide bonds. The Morgan fingerprint density at radius 2 is 1.77 bits per heavy atom. The van der Waals surface area contributed by atoms with Crippen LogP contribution >= 0.6 is 0 Å². The Balaban J connectivity index is 1.72. The van der Waals surface area contributed by atoms with Gasteiger partial charge in [-0.2, -0.15) is 0 Å². The molecule has 0 unspecified atom stereocenters. The number of piperazine rings is 1. The van der Waals surface area contributed by atoms with Crippen LogP contribution in [0.1, 0.15) is 6.42 Å². The van der Waals surface area contributed by atoms with E-state index >= 15 is 0 Å². The molecule has 0 N–H and O–H groups in total. The van der Waals surface area contributed by atoms with E-state index in [1.165, 1.54) is 0 Å². The summed E-state index contributed by atoms with van der Waals surface area (Å²) in [6.07, 6.45) is 4.56. The largest absolute Gasteiger partial charge is 0.489 e. The summed E-state index contributed by atoms with van der Waals surface area (Å²) in [7, 11) is 3.84. The van der Waals surface area contributed by atoms with E-state index in [4.69, 9.17) is 13.0 Å². The molecule has 0 aliphatic carbocycles. The van der Waals surface area contributed by atoms with Crippen molar-refractivity contribution in [3.05, 3.63) is 18.5 Å².